The van der Waals surface area contributed by atoms with Crippen LogP contribution in [0.3, 0.4) is 0 Å². The molecule has 1 aliphatic rings. The Bertz CT molecular complexity index is 1580. The van der Waals surface area contributed by atoms with Crippen molar-refractivity contribution in [2.24, 2.45) is 0 Å². The number of carbonyl (C=O) groups excluding carboxylic acids is 3. The van der Waals surface area contributed by atoms with Crippen molar-refractivity contribution in [3.05, 3.63) is 88.7 Å². The fourth-order valence-electron chi connectivity index (χ4n) is 4.00. The first-order valence-corrected chi connectivity index (χ1v) is 14.4. The number of nitrogens with one attached hydrogen (secondary N) is 2. The molecule has 4 rings (SSSR count). The van der Waals surface area contributed by atoms with E-state index in [1.54, 1.807) is 75.4 Å². The number of anilines is 1. The Morgan fingerprint density at radius 3 is 2.37 bits per heavy atom. The average molecular weight is 604 g/mol. The average Bonchev–Trinajstić information content (AvgIpc) is 2.96. The number of ether oxygens (including phenoxy) is 1. The van der Waals surface area contributed by atoms with E-state index in [-0.39, 0.29) is 18.0 Å². The fraction of sp³-hybridized carbons (Fsp3) is 0.250. The van der Waals surface area contributed by atoms with Crippen LogP contribution in [0.4, 0.5) is 14.9 Å². The van der Waals surface area contributed by atoms with Gasteiger partial charge in [-0.2, -0.15) is 5.48 Å². The number of nitrogens with zero attached hydrogens (tertiary/aromatic N) is 1. The molecule has 0 unspecified atom stereocenters. The molecule has 2 N–H and O–H groups in total. The van der Waals surface area contributed by atoms with Crippen LogP contribution in [0.5, 0.6) is 5.75 Å². The molecule has 0 bridgehead atoms. The molecule has 0 spiro atoms. The van der Waals surface area contributed by atoms with E-state index in [1.807, 2.05) is 0 Å². The number of hydroxylamine groups is 1. The van der Waals surface area contributed by atoms with E-state index >= 15 is 4.39 Å². The van der Waals surface area contributed by atoms with Gasteiger partial charge in [0.25, 0.3) is 11.8 Å². The van der Waals surface area contributed by atoms with Gasteiger partial charge in [0.05, 0.1) is 28.4 Å². The lowest BCUT2D eigenvalue weighted by molar-refractivity contribution is -0.120. The number of hydrogen-bond acceptors (Lipinski definition) is 7. The second-order valence-electron chi connectivity index (χ2n) is 10.2. The normalized spacial score (nSPS) is 16.3. The Hall–Kier alpha value is -4.16. The van der Waals surface area contributed by atoms with Gasteiger partial charge in [-0.3, -0.25) is 9.59 Å². The third-order valence-corrected chi connectivity index (χ3v) is 7.84. The van der Waals surface area contributed by atoms with Crippen molar-refractivity contribution in [2.45, 2.75) is 43.9 Å². The smallest absolute Gasteiger partial charge is 0.408 e. The Morgan fingerprint density at radius 2 is 1.73 bits per heavy atom. The third-order valence-electron chi connectivity index (χ3n) is 5.82. The number of hydrogen-bond donors (Lipinski definition) is 2. The molecule has 0 saturated carbocycles. The molecule has 0 fully saturated rings. The standard InChI is InChI=1S/C28H27ClFN3O7S/c1-28(2,3)39-27(36)31-22-16-41(37,38)24-14-21(30)20(25(34)32-40-19-7-5-4-6-8-19)13-23(24)33(26(22)35)15-17-9-11-18(29)12-10-17/h4-14,22H,15-16H2,1-3H3,(H,31,36)(H,32,34)/t22-/m0/s1. The summed E-state index contributed by atoms with van der Waals surface area (Å²) in [6.07, 6.45) is -1.01. The minimum Gasteiger partial charge on any atom is -0.444 e. The van der Waals surface area contributed by atoms with E-state index in [4.69, 9.17) is 21.2 Å². The van der Waals surface area contributed by atoms with Gasteiger partial charge in [0.2, 0.25) is 0 Å². The third kappa shape index (κ3) is 7.33. The van der Waals surface area contributed by atoms with Crippen LogP contribution in [-0.2, 0) is 25.9 Å². The van der Waals surface area contributed by atoms with Gasteiger partial charge in [0.15, 0.2) is 15.6 Å². The van der Waals surface area contributed by atoms with Gasteiger partial charge in [0, 0.05) is 5.02 Å². The number of benzene rings is 3. The number of alkyl carbamates (subject to hydrolysis) is 1. The summed E-state index contributed by atoms with van der Waals surface area (Å²) in [5.74, 6) is -3.57. The minimum absolute atomic E-state index is 0.182. The first-order valence-electron chi connectivity index (χ1n) is 12.4. The summed E-state index contributed by atoms with van der Waals surface area (Å²) < 4.78 is 47.3. The molecule has 3 aromatic carbocycles. The van der Waals surface area contributed by atoms with E-state index < -0.39 is 61.4 Å². The number of sulfone groups is 1. The van der Waals surface area contributed by atoms with Crippen molar-refractivity contribution in [1.82, 2.24) is 10.8 Å². The molecule has 13 heteroatoms. The molecule has 0 radical (unpaired) electrons. The van der Waals surface area contributed by atoms with E-state index in [0.29, 0.717) is 16.7 Å². The SMILES string of the molecule is CC(C)(C)OC(=O)N[C@H]1CS(=O)(=O)c2cc(F)c(C(=O)NOc3ccccc3)cc2N(Cc2ccc(Cl)cc2)C1=O. The van der Waals surface area contributed by atoms with Crippen molar-refractivity contribution >= 4 is 45.0 Å². The van der Waals surface area contributed by atoms with Crippen molar-refractivity contribution < 1.29 is 36.8 Å². The molecule has 0 aromatic heterocycles. The Morgan fingerprint density at radius 1 is 1.07 bits per heavy atom. The van der Waals surface area contributed by atoms with Gasteiger partial charge in [0.1, 0.15) is 17.5 Å². The van der Waals surface area contributed by atoms with Gasteiger partial charge in [-0.05, 0) is 62.7 Å². The first kappa shape index (κ1) is 29.8. The maximum Gasteiger partial charge on any atom is 0.408 e. The van der Waals surface area contributed by atoms with Crippen molar-refractivity contribution in [2.75, 3.05) is 10.7 Å². The molecule has 41 heavy (non-hydrogen) atoms. The maximum atomic E-state index is 15.2. The number of fused-ring (bicyclic) bond motifs is 1. The van der Waals surface area contributed by atoms with Crippen LogP contribution in [0, 0.1) is 5.82 Å². The van der Waals surface area contributed by atoms with E-state index in [1.165, 1.54) is 0 Å². The van der Waals surface area contributed by atoms with Gasteiger partial charge >= 0.3 is 6.09 Å². The summed E-state index contributed by atoms with van der Waals surface area (Å²) in [5.41, 5.74) is 0.932. The Labute approximate surface area is 241 Å². The molecule has 0 aliphatic carbocycles. The highest BCUT2D eigenvalue weighted by Crippen LogP contribution is 2.34. The van der Waals surface area contributed by atoms with Crippen LogP contribution in [0.2, 0.25) is 5.02 Å². The van der Waals surface area contributed by atoms with Gasteiger partial charge in [-0.15, -0.1) is 0 Å². The highest BCUT2D eigenvalue weighted by molar-refractivity contribution is 7.91. The molecular formula is C28H27ClFN3O7S. The van der Waals surface area contributed by atoms with Gasteiger partial charge < -0.3 is 19.8 Å². The number of carbonyl (C=O) groups is 3. The zero-order valence-corrected chi connectivity index (χ0v) is 23.9. The largest absolute Gasteiger partial charge is 0.444 e. The van der Waals surface area contributed by atoms with Crippen molar-refractivity contribution in [3.8, 4) is 5.75 Å². The molecule has 0 saturated heterocycles. The zero-order chi connectivity index (χ0) is 29.9. The first-order chi connectivity index (χ1) is 19.2. The molecular weight excluding hydrogens is 577 g/mol. The summed E-state index contributed by atoms with van der Waals surface area (Å²) in [5, 5.41) is 2.76. The topological polar surface area (TPSA) is 131 Å². The van der Waals surface area contributed by atoms with Crippen LogP contribution in [0.1, 0.15) is 36.7 Å². The number of amides is 3. The number of halogens is 2. The maximum absolute atomic E-state index is 15.2. The van der Waals surface area contributed by atoms with Crippen molar-refractivity contribution in [1.29, 1.82) is 0 Å². The molecule has 10 nitrogen and oxygen atoms in total. The lowest BCUT2D eigenvalue weighted by atomic mass is 10.1. The van der Waals surface area contributed by atoms with E-state index in [2.05, 4.69) is 10.8 Å². The van der Waals surface area contributed by atoms with Crippen LogP contribution >= 0.6 is 11.6 Å². The lowest BCUT2D eigenvalue weighted by Crippen LogP contribution is -2.51. The predicted molar refractivity (Wildman–Crippen MR) is 149 cm³/mol. The number of rotatable bonds is 6. The van der Waals surface area contributed by atoms with Gasteiger partial charge in [-0.25, -0.2) is 17.6 Å². The summed E-state index contributed by atoms with van der Waals surface area (Å²) in [4.78, 5) is 44.9. The summed E-state index contributed by atoms with van der Waals surface area (Å²) in [7, 11) is -4.36. The quantitative estimate of drug-likeness (QED) is 0.399. The molecule has 1 aliphatic heterocycles. The second-order valence-corrected chi connectivity index (χ2v) is 12.6. The second kappa shape index (κ2) is 11.8. The Kier molecular flexibility index (Phi) is 8.55. The lowest BCUT2D eigenvalue weighted by Gasteiger charge is -2.27. The van der Waals surface area contributed by atoms with E-state index in [0.717, 1.165) is 11.0 Å². The fourth-order valence-corrected chi connectivity index (χ4v) is 5.74. The van der Waals surface area contributed by atoms with Gasteiger partial charge in [-0.1, -0.05) is 41.9 Å². The van der Waals surface area contributed by atoms with E-state index in [9.17, 15) is 22.8 Å². The molecule has 1 atom stereocenters. The van der Waals surface area contributed by atoms with Crippen LogP contribution in [0.25, 0.3) is 0 Å². The van der Waals surface area contributed by atoms with Crippen LogP contribution in [0.15, 0.2) is 71.6 Å². The molecule has 3 aromatic rings. The highest BCUT2D eigenvalue weighted by Gasteiger charge is 2.40. The summed E-state index contributed by atoms with van der Waals surface area (Å²) in [6.45, 7) is 4.64. The van der Waals surface area contributed by atoms with Crippen molar-refractivity contribution in [3.63, 3.8) is 0 Å². The summed E-state index contributed by atoms with van der Waals surface area (Å²) >= 11 is 5.99. The minimum atomic E-state index is -4.36. The Balaban J connectivity index is 1.76. The van der Waals surface area contributed by atoms with Crippen LogP contribution < -0.4 is 20.5 Å². The zero-order valence-electron chi connectivity index (χ0n) is 22.3. The molecule has 1 heterocycles. The monoisotopic (exact) mass is 603 g/mol. The molecule has 3 amide bonds. The summed E-state index contributed by atoms with van der Waals surface area (Å²) in [6, 6.07) is 14.7. The highest BCUT2D eigenvalue weighted by atomic mass is 35.5. The predicted octanol–water partition coefficient (Wildman–Crippen LogP) is 4.42. The van der Waals surface area contributed by atoms with Crippen LogP contribution in [-0.4, -0.2) is 43.7 Å². The number of para-hydroxylation sites is 1. The molecule has 216 valence electrons.